The van der Waals surface area contributed by atoms with E-state index >= 15 is 0 Å². The number of likely N-dealkylation sites (N-methyl/N-ethyl adjacent to an activating group) is 1. The van der Waals surface area contributed by atoms with Crippen molar-refractivity contribution in [2.45, 2.75) is 33.2 Å². The van der Waals surface area contributed by atoms with Crippen molar-refractivity contribution < 1.29 is 0 Å². The Bertz CT molecular complexity index is 304. The molecule has 0 fully saturated rings. The Morgan fingerprint density at radius 1 is 1.41 bits per heavy atom. The van der Waals surface area contributed by atoms with E-state index in [0.717, 1.165) is 38.4 Å². The Kier molecular flexibility index (Phi) is 6.22. The number of aromatic nitrogens is 2. The third kappa shape index (κ3) is 4.88. The average Bonchev–Trinajstić information content (AvgIpc) is 2.72. The van der Waals surface area contributed by atoms with Gasteiger partial charge in [0, 0.05) is 45.0 Å². The Morgan fingerprint density at radius 3 is 2.65 bits per heavy atom. The second-order valence-corrected chi connectivity index (χ2v) is 4.55. The smallest absolute Gasteiger partial charge is 0.109 e. The molecule has 0 spiro atoms. The van der Waals surface area contributed by atoms with Crippen LogP contribution in [0, 0.1) is 0 Å². The van der Waals surface area contributed by atoms with Crippen LogP contribution < -0.4 is 5.32 Å². The third-order valence-corrected chi connectivity index (χ3v) is 3.19. The number of nitrogens with one attached hydrogen (secondary N) is 1. The maximum Gasteiger partial charge on any atom is 0.109 e. The molecular formula is C13H26N4. The molecule has 1 unspecified atom stereocenters. The third-order valence-electron chi connectivity index (χ3n) is 3.19. The van der Waals surface area contributed by atoms with E-state index in [0.29, 0.717) is 6.04 Å². The van der Waals surface area contributed by atoms with Crippen LogP contribution in [-0.4, -0.2) is 46.7 Å². The zero-order valence-corrected chi connectivity index (χ0v) is 11.6. The summed E-state index contributed by atoms with van der Waals surface area (Å²) in [5.74, 6) is 1.15. The standard InChI is InChI=1S/C13H26N4/c1-5-17(6-2)11-12(3)14-8-7-13-15-9-10-16(13)4/h9-10,12,14H,5-8,11H2,1-4H3. The largest absolute Gasteiger partial charge is 0.338 e. The van der Waals surface area contributed by atoms with Gasteiger partial charge in [0.05, 0.1) is 0 Å². The number of rotatable bonds is 8. The quantitative estimate of drug-likeness (QED) is 0.741. The lowest BCUT2D eigenvalue weighted by molar-refractivity contribution is 0.271. The summed E-state index contributed by atoms with van der Waals surface area (Å²) >= 11 is 0. The molecule has 4 nitrogen and oxygen atoms in total. The molecule has 0 saturated carbocycles. The molecule has 1 heterocycles. The summed E-state index contributed by atoms with van der Waals surface area (Å²) in [4.78, 5) is 6.76. The first-order valence-electron chi connectivity index (χ1n) is 6.59. The van der Waals surface area contributed by atoms with Crippen LogP contribution >= 0.6 is 0 Å². The lowest BCUT2D eigenvalue weighted by Gasteiger charge is -2.23. The van der Waals surface area contributed by atoms with E-state index in [1.54, 1.807) is 0 Å². The van der Waals surface area contributed by atoms with Gasteiger partial charge in [-0.15, -0.1) is 0 Å². The summed E-state index contributed by atoms with van der Waals surface area (Å²) in [6.45, 7) is 11.0. The van der Waals surface area contributed by atoms with Crippen LogP contribution in [0.3, 0.4) is 0 Å². The van der Waals surface area contributed by atoms with E-state index in [-0.39, 0.29) is 0 Å². The zero-order valence-electron chi connectivity index (χ0n) is 11.6. The normalized spacial score (nSPS) is 13.2. The van der Waals surface area contributed by atoms with Crippen molar-refractivity contribution in [1.82, 2.24) is 19.8 Å². The molecule has 0 aliphatic rings. The lowest BCUT2D eigenvalue weighted by Crippen LogP contribution is -2.40. The number of hydrogen-bond acceptors (Lipinski definition) is 3. The van der Waals surface area contributed by atoms with E-state index in [4.69, 9.17) is 0 Å². The molecule has 17 heavy (non-hydrogen) atoms. The van der Waals surface area contributed by atoms with Crippen LogP contribution in [0.25, 0.3) is 0 Å². The van der Waals surface area contributed by atoms with Crippen molar-refractivity contribution in [1.29, 1.82) is 0 Å². The fourth-order valence-corrected chi connectivity index (χ4v) is 2.00. The summed E-state index contributed by atoms with van der Waals surface area (Å²) in [5, 5.41) is 3.55. The molecule has 0 bridgehead atoms. The van der Waals surface area contributed by atoms with Crippen molar-refractivity contribution in [3.63, 3.8) is 0 Å². The highest BCUT2D eigenvalue weighted by atomic mass is 15.1. The van der Waals surface area contributed by atoms with Crippen molar-refractivity contribution in [3.05, 3.63) is 18.2 Å². The van der Waals surface area contributed by atoms with Crippen LogP contribution in [-0.2, 0) is 13.5 Å². The molecule has 1 atom stereocenters. The predicted octanol–water partition coefficient (Wildman–Crippen LogP) is 1.28. The summed E-state index contributed by atoms with van der Waals surface area (Å²) in [7, 11) is 2.04. The van der Waals surface area contributed by atoms with Crippen LogP contribution in [0.15, 0.2) is 12.4 Å². The minimum atomic E-state index is 0.537. The Labute approximate surface area is 105 Å². The maximum absolute atomic E-state index is 4.32. The van der Waals surface area contributed by atoms with Gasteiger partial charge < -0.3 is 14.8 Å². The van der Waals surface area contributed by atoms with E-state index in [2.05, 4.69) is 40.5 Å². The van der Waals surface area contributed by atoms with E-state index in [1.165, 1.54) is 0 Å². The van der Waals surface area contributed by atoms with Crippen LogP contribution in [0.4, 0.5) is 0 Å². The van der Waals surface area contributed by atoms with Gasteiger partial charge >= 0.3 is 0 Å². The van der Waals surface area contributed by atoms with Gasteiger partial charge in [-0.1, -0.05) is 13.8 Å². The van der Waals surface area contributed by atoms with Gasteiger partial charge in [-0.3, -0.25) is 0 Å². The molecule has 98 valence electrons. The topological polar surface area (TPSA) is 33.1 Å². The van der Waals surface area contributed by atoms with Crippen LogP contribution in [0.5, 0.6) is 0 Å². The number of aryl methyl sites for hydroxylation is 1. The minimum absolute atomic E-state index is 0.537. The van der Waals surface area contributed by atoms with Crippen molar-refractivity contribution in [2.24, 2.45) is 7.05 Å². The lowest BCUT2D eigenvalue weighted by atomic mass is 10.3. The summed E-state index contributed by atoms with van der Waals surface area (Å²) in [5.41, 5.74) is 0. The first kappa shape index (κ1) is 14.2. The molecule has 1 N–H and O–H groups in total. The van der Waals surface area contributed by atoms with Gasteiger partial charge in [0.15, 0.2) is 0 Å². The van der Waals surface area contributed by atoms with Gasteiger partial charge in [-0.05, 0) is 20.0 Å². The molecule has 0 aromatic carbocycles. The molecule has 0 radical (unpaired) electrons. The molecule has 0 aliphatic heterocycles. The second-order valence-electron chi connectivity index (χ2n) is 4.55. The highest BCUT2D eigenvalue weighted by molar-refractivity contribution is 4.91. The SMILES string of the molecule is CCN(CC)CC(C)NCCc1nccn1C. The molecule has 0 saturated heterocycles. The fourth-order valence-electron chi connectivity index (χ4n) is 2.00. The molecule has 4 heteroatoms. The van der Waals surface area contributed by atoms with Crippen LogP contribution in [0.1, 0.15) is 26.6 Å². The molecule has 0 amide bonds. The van der Waals surface area contributed by atoms with Gasteiger partial charge in [-0.2, -0.15) is 0 Å². The highest BCUT2D eigenvalue weighted by Gasteiger charge is 2.06. The second kappa shape index (κ2) is 7.45. The number of imidazole rings is 1. The van der Waals surface area contributed by atoms with Gasteiger partial charge in [0.2, 0.25) is 0 Å². The van der Waals surface area contributed by atoms with Gasteiger partial charge in [0.25, 0.3) is 0 Å². The molecule has 1 rings (SSSR count). The monoisotopic (exact) mass is 238 g/mol. The molecule has 1 aromatic heterocycles. The first-order chi connectivity index (χ1) is 8.17. The minimum Gasteiger partial charge on any atom is -0.338 e. The fraction of sp³-hybridized carbons (Fsp3) is 0.769. The van der Waals surface area contributed by atoms with Gasteiger partial charge in [0.1, 0.15) is 5.82 Å². The number of hydrogen-bond donors (Lipinski definition) is 1. The van der Waals surface area contributed by atoms with E-state index in [1.807, 2.05) is 19.4 Å². The zero-order chi connectivity index (χ0) is 12.7. The van der Waals surface area contributed by atoms with Crippen molar-refractivity contribution in [2.75, 3.05) is 26.2 Å². The molecule has 1 aromatic rings. The Hall–Kier alpha value is -0.870. The molecule has 0 aliphatic carbocycles. The maximum atomic E-state index is 4.32. The molecular weight excluding hydrogens is 212 g/mol. The van der Waals surface area contributed by atoms with E-state index < -0.39 is 0 Å². The number of nitrogens with zero attached hydrogens (tertiary/aromatic N) is 3. The predicted molar refractivity (Wildman–Crippen MR) is 72.2 cm³/mol. The van der Waals surface area contributed by atoms with E-state index in [9.17, 15) is 0 Å². The van der Waals surface area contributed by atoms with Gasteiger partial charge in [-0.25, -0.2) is 4.98 Å². The summed E-state index contributed by atoms with van der Waals surface area (Å²) in [6, 6.07) is 0.537. The Balaban J connectivity index is 2.20. The highest BCUT2D eigenvalue weighted by Crippen LogP contribution is 1.96. The summed E-state index contributed by atoms with van der Waals surface area (Å²) in [6.07, 6.45) is 4.84. The average molecular weight is 238 g/mol. The first-order valence-corrected chi connectivity index (χ1v) is 6.59. The van der Waals surface area contributed by atoms with Crippen LogP contribution in [0.2, 0.25) is 0 Å². The Morgan fingerprint density at radius 2 is 2.12 bits per heavy atom. The summed E-state index contributed by atoms with van der Waals surface area (Å²) < 4.78 is 2.08. The van der Waals surface area contributed by atoms with Crippen molar-refractivity contribution in [3.8, 4) is 0 Å². The van der Waals surface area contributed by atoms with Crippen molar-refractivity contribution >= 4 is 0 Å².